The van der Waals surface area contributed by atoms with Crippen molar-refractivity contribution in [2.24, 2.45) is 0 Å². The highest BCUT2D eigenvalue weighted by molar-refractivity contribution is 7.50. The lowest BCUT2D eigenvalue weighted by molar-refractivity contribution is -0.116. The Kier molecular flexibility index (Phi) is 14.0. The molecule has 5 nitrogen and oxygen atoms in total. The van der Waals surface area contributed by atoms with Crippen molar-refractivity contribution >= 4 is 19.2 Å². The number of carbonyl (C=O) groups excluding carboxylic acids is 1. The number of para-hydroxylation sites is 1. The fraction of sp³-hybridized carbons (Fsp3) is 0.696. The molecule has 0 heterocycles. The number of rotatable bonds is 17. The van der Waals surface area contributed by atoms with Crippen molar-refractivity contribution in [1.29, 1.82) is 0 Å². The number of benzene rings is 1. The number of hydrogen-bond donors (Lipinski definition) is 3. The first-order valence-electron chi connectivity index (χ1n) is 11.3. The highest BCUT2D eigenvalue weighted by atomic mass is 31.2. The highest BCUT2D eigenvalue weighted by Crippen LogP contribution is 2.40. The van der Waals surface area contributed by atoms with Gasteiger partial charge in [-0.25, -0.2) is 0 Å². The van der Waals surface area contributed by atoms with Gasteiger partial charge < -0.3 is 15.1 Å². The van der Waals surface area contributed by atoms with Crippen LogP contribution in [-0.4, -0.2) is 15.7 Å². The van der Waals surface area contributed by atoms with Gasteiger partial charge in [-0.05, 0) is 18.1 Å². The zero-order valence-electron chi connectivity index (χ0n) is 18.1. The minimum absolute atomic E-state index is 0.0914. The van der Waals surface area contributed by atoms with Crippen LogP contribution in [0.1, 0.15) is 102 Å². The van der Waals surface area contributed by atoms with E-state index in [0.717, 1.165) is 12.8 Å². The quantitative estimate of drug-likeness (QED) is 0.189. The summed E-state index contributed by atoms with van der Waals surface area (Å²) in [5.74, 6) is -0.0914. The number of hydrogen-bond acceptors (Lipinski definition) is 2. The van der Waals surface area contributed by atoms with Crippen LogP contribution >= 0.6 is 7.60 Å². The van der Waals surface area contributed by atoms with E-state index in [1.165, 1.54) is 70.6 Å². The Morgan fingerprint density at radius 1 is 0.828 bits per heavy atom. The van der Waals surface area contributed by atoms with Crippen LogP contribution in [0.4, 0.5) is 5.69 Å². The number of unbranched alkanes of at least 4 members (excludes halogenated alkanes) is 12. The van der Waals surface area contributed by atoms with Gasteiger partial charge in [-0.1, -0.05) is 102 Å². The summed E-state index contributed by atoms with van der Waals surface area (Å²) >= 11 is 0. The normalized spacial score (nSPS) is 11.6. The second-order valence-corrected chi connectivity index (χ2v) is 9.67. The van der Waals surface area contributed by atoms with Gasteiger partial charge in [0.25, 0.3) is 0 Å². The molecule has 3 N–H and O–H groups in total. The monoisotopic (exact) mass is 425 g/mol. The van der Waals surface area contributed by atoms with Crippen molar-refractivity contribution < 1.29 is 19.1 Å². The van der Waals surface area contributed by atoms with Gasteiger partial charge in [0.15, 0.2) is 0 Å². The van der Waals surface area contributed by atoms with Crippen LogP contribution in [0.2, 0.25) is 0 Å². The van der Waals surface area contributed by atoms with Gasteiger partial charge in [0.1, 0.15) is 0 Å². The van der Waals surface area contributed by atoms with Crippen molar-refractivity contribution in [3.63, 3.8) is 0 Å². The molecular weight excluding hydrogens is 385 g/mol. The lowest BCUT2D eigenvalue weighted by Gasteiger charge is -2.12. The van der Waals surface area contributed by atoms with Crippen LogP contribution in [0.5, 0.6) is 0 Å². The van der Waals surface area contributed by atoms with Crippen LogP contribution in [0, 0.1) is 0 Å². The summed E-state index contributed by atoms with van der Waals surface area (Å²) in [6.07, 6.45) is 16.6. The highest BCUT2D eigenvalue weighted by Gasteiger charge is 2.17. The maximum atomic E-state index is 12.1. The molecule has 0 aliphatic carbocycles. The van der Waals surface area contributed by atoms with Crippen LogP contribution in [-0.2, 0) is 15.5 Å². The number of nitrogens with one attached hydrogen (secondary N) is 1. The average Bonchev–Trinajstić information content (AvgIpc) is 2.66. The molecule has 0 aliphatic heterocycles. The predicted molar refractivity (Wildman–Crippen MR) is 121 cm³/mol. The summed E-state index contributed by atoms with van der Waals surface area (Å²) in [6.45, 7) is 2.25. The second kappa shape index (κ2) is 15.6. The van der Waals surface area contributed by atoms with E-state index in [-0.39, 0.29) is 12.1 Å². The third-order valence-electron chi connectivity index (χ3n) is 5.18. The summed E-state index contributed by atoms with van der Waals surface area (Å²) in [7, 11) is -4.16. The Labute approximate surface area is 176 Å². The first-order chi connectivity index (χ1) is 13.9. The predicted octanol–water partition coefficient (Wildman–Crippen LogP) is 6.78. The molecule has 6 heteroatoms. The molecule has 1 aromatic carbocycles. The van der Waals surface area contributed by atoms with Crippen LogP contribution in [0.3, 0.4) is 0 Å². The first-order valence-corrected chi connectivity index (χ1v) is 13.1. The number of amides is 1. The maximum Gasteiger partial charge on any atom is 0.329 e. The Bertz CT molecular complexity index is 615. The number of carbonyl (C=O) groups is 1. The van der Waals surface area contributed by atoms with Crippen molar-refractivity contribution in [3.05, 3.63) is 29.8 Å². The van der Waals surface area contributed by atoms with Gasteiger partial charge in [-0.2, -0.15) is 0 Å². The summed E-state index contributed by atoms with van der Waals surface area (Å²) in [5, 5.41) is 2.79. The van der Waals surface area contributed by atoms with Crippen molar-refractivity contribution in [2.45, 2.75) is 103 Å². The zero-order chi connectivity index (χ0) is 21.4. The molecule has 0 fully saturated rings. The smallest absolute Gasteiger partial charge is 0.326 e. The molecule has 0 saturated carbocycles. The van der Waals surface area contributed by atoms with Crippen LogP contribution < -0.4 is 5.32 Å². The Morgan fingerprint density at radius 2 is 1.31 bits per heavy atom. The lowest BCUT2D eigenvalue weighted by atomic mass is 10.0. The third-order valence-corrected chi connectivity index (χ3v) is 5.93. The Hall–Kier alpha value is -1.16. The maximum absolute atomic E-state index is 12.1. The second-order valence-electron chi connectivity index (χ2n) is 8.02. The molecule has 0 bridgehead atoms. The van der Waals surface area contributed by atoms with E-state index in [9.17, 15) is 9.36 Å². The molecule has 1 amide bonds. The zero-order valence-corrected chi connectivity index (χ0v) is 19.0. The first kappa shape index (κ1) is 25.9. The largest absolute Gasteiger partial charge is 0.329 e. The van der Waals surface area contributed by atoms with E-state index >= 15 is 0 Å². The number of anilines is 1. The molecule has 0 aromatic heterocycles. The van der Waals surface area contributed by atoms with E-state index < -0.39 is 7.60 Å². The summed E-state index contributed by atoms with van der Waals surface area (Å²) < 4.78 is 11.2. The Morgan fingerprint density at radius 3 is 1.83 bits per heavy atom. The van der Waals surface area contributed by atoms with Gasteiger partial charge in [0.05, 0.1) is 6.16 Å². The molecule has 0 saturated heterocycles. The van der Waals surface area contributed by atoms with Crippen molar-refractivity contribution in [2.75, 3.05) is 5.32 Å². The third kappa shape index (κ3) is 14.5. The average molecular weight is 426 g/mol. The van der Waals surface area contributed by atoms with Gasteiger partial charge in [-0.3, -0.25) is 9.36 Å². The van der Waals surface area contributed by atoms with Crippen molar-refractivity contribution in [1.82, 2.24) is 0 Å². The van der Waals surface area contributed by atoms with Gasteiger partial charge >= 0.3 is 7.60 Å². The SMILES string of the molecule is CCCCCCCCCCCCCCCC(=O)Nc1ccccc1CP(=O)(O)O. The molecular formula is C23H40NO4P. The topological polar surface area (TPSA) is 86.6 Å². The fourth-order valence-electron chi connectivity index (χ4n) is 3.52. The van der Waals surface area contributed by atoms with Gasteiger partial charge in [-0.15, -0.1) is 0 Å². The molecule has 0 radical (unpaired) electrons. The van der Waals surface area contributed by atoms with E-state index in [0.29, 0.717) is 17.7 Å². The molecule has 0 aliphatic rings. The van der Waals surface area contributed by atoms with E-state index in [2.05, 4.69) is 12.2 Å². The molecule has 1 aromatic rings. The molecule has 0 unspecified atom stereocenters. The van der Waals surface area contributed by atoms with E-state index in [4.69, 9.17) is 9.79 Å². The minimum Gasteiger partial charge on any atom is -0.326 e. The Balaban J connectivity index is 2.06. The van der Waals surface area contributed by atoms with Crippen LogP contribution in [0.25, 0.3) is 0 Å². The van der Waals surface area contributed by atoms with Crippen molar-refractivity contribution in [3.8, 4) is 0 Å². The fourth-order valence-corrected chi connectivity index (χ4v) is 4.24. The standard InChI is InChI=1S/C23H40NO4P/c1-2-3-4-5-6-7-8-9-10-11-12-13-14-19-23(25)24-22-18-16-15-17-21(22)20-29(26,27)28/h15-18H,2-14,19-20H2,1H3,(H,24,25)(H2,26,27,28). The minimum atomic E-state index is -4.16. The summed E-state index contributed by atoms with van der Waals surface area (Å²) in [6, 6.07) is 6.80. The van der Waals surface area contributed by atoms with Gasteiger partial charge in [0, 0.05) is 12.1 Å². The van der Waals surface area contributed by atoms with Crippen LogP contribution in [0.15, 0.2) is 24.3 Å². The molecule has 29 heavy (non-hydrogen) atoms. The summed E-state index contributed by atoms with van der Waals surface area (Å²) in [4.78, 5) is 30.5. The van der Waals surface area contributed by atoms with E-state index in [1.807, 2.05) is 0 Å². The lowest BCUT2D eigenvalue weighted by Crippen LogP contribution is -2.12. The molecule has 0 atom stereocenters. The van der Waals surface area contributed by atoms with Gasteiger partial charge in [0.2, 0.25) is 5.91 Å². The summed E-state index contributed by atoms with van der Waals surface area (Å²) in [5.41, 5.74) is 0.968. The molecule has 166 valence electrons. The van der Waals surface area contributed by atoms with E-state index in [1.54, 1.807) is 24.3 Å². The molecule has 1 rings (SSSR count). The molecule has 0 spiro atoms.